The molecule has 1 nitrogen and oxygen atoms in total. The molecule has 0 aromatic heterocycles. The van der Waals surface area contributed by atoms with Gasteiger partial charge in [-0.25, -0.2) is 0 Å². The second kappa shape index (κ2) is 27.0. The lowest BCUT2D eigenvalue weighted by atomic mass is 9.55. The fourth-order valence-electron chi connectivity index (χ4n) is 2.28. The van der Waals surface area contributed by atoms with Gasteiger partial charge in [0.05, 0.1) is 28.1 Å². The van der Waals surface area contributed by atoms with Gasteiger partial charge in [0.1, 0.15) is 0 Å². The SMILES string of the molecule is [B][B]/C=C(C)/C(C)=C/CC.[B][B]/C=C(C)/C(C)=C/CCC.[B][B]/C=C(C)/C(C)=C/COCC. The van der Waals surface area contributed by atoms with E-state index in [9.17, 15) is 0 Å². The van der Waals surface area contributed by atoms with Crippen LogP contribution in [0.1, 0.15) is 81.6 Å². The van der Waals surface area contributed by atoms with Crippen LogP contribution in [0.4, 0.5) is 0 Å². The van der Waals surface area contributed by atoms with E-state index in [1.807, 2.05) is 38.7 Å². The molecule has 171 valence electrons. The Morgan fingerprint density at radius 2 is 1.00 bits per heavy atom. The smallest absolute Gasteiger partial charge is 0.0859 e. The molecule has 0 atom stereocenters. The molecule has 0 N–H and O–H groups in total. The van der Waals surface area contributed by atoms with Gasteiger partial charge in [0, 0.05) is 29.8 Å². The molecule has 0 aliphatic heterocycles. The summed E-state index contributed by atoms with van der Waals surface area (Å²) < 4.78 is 5.19. The van der Waals surface area contributed by atoms with E-state index in [1.54, 1.807) is 21.5 Å². The zero-order valence-electron chi connectivity index (χ0n) is 22.9. The quantitative estimate of drug-likeness (QED) is 0.203. The van der Waals surface area contributed by atoms with E-state index in [4.69, 9.17) is 27.9 Å². The van der Waals surface area contributed by atoms with Gasteiger partial charge in [0.2, 0.25) is 0 Å². The van der Waals surface area contributed by atoms with Gasteiger partial charge in [-0.1, -0.05) is 71.9 Å². The number of allylic oxidation sites excluding steroid dienone is 8. The Morgan fingerprint density at radius 1 is 0.606 bits per heavy atom. The molecule has 33 heavy (non-hydrogen) atoms. The minimum Gasteiger partial charge on any atom is -0.378 e. The van der Waals surface area contributed by atoms with Crippen LogP contribution in [0.5, 0.6) is 0 Å². The van der Waals surface area contributed by atoms with E-state index in [-0.39, 0.29) is 0 Å². The molecular formula is C26H43B6O. The van der Waals surface area contributed by atoms with Crippen LogP contribution >= 0.6 is 0 Å². The lowest BCUT2D eigenvalue weighted by molar-refractivity contribution is 0.177. The summed E-state index contributed by atoms with van der Waals surface area (Å²) in [6.45, 7) is 20.2. The maximum absolute atomic E-state index is 5.27. The highest BCUT2D eigenvalue weighted by molar-refractivity contribution is 6.93. The number of hydrogen-bond acceptors (Lipinski definition) is 1. The molecule has 0 rings (SSSR count). The molecule has 7 heteroatoms. The molecular weight excluding hydrogens is 393 g/mol. The zero-order valence-corrected chi connectivity index (χ0v) is 22.9. The largest absolute Gasteiger partial charge is 0.378 e. The average Bonchev–Trinajstić information content (AvgIpc) is 2.79. The molecule has 0 aromatic rings. The van der Waals surface area contributed by atoms with Crippen molar-refractivity contribution in [2.45, 2.75) is 81.6 Å². The molecule has 0 unspecified atom stereocenters. The molecule has 0 saturated carbocycles. The standard InChI is InChI=1S/C9H15B2O.C9H15B2.C8H13B2/c1-4-12-6-5-8(2)9(3)7-11-10;1-4-5-6-8(2)9(3)7-11-10;1-4-5-7(2)8(3)6-10-9/h5,7H,4,6H2,1-3H3;6-7H,4-5H2,1-3H3;5-6H,4H2,1-3H3/b8-5+,9-7+;8-6+,9-7+;7-5+,8-6+. The Kier molecular flexibility index (Phi) is 29.8. The third-order valence-electron chi connectivity index (χ3n) is 4.87. The van der Waals surface area contributed by atoms with Crippen LogP contribution in [0.2, 0.25) is 0 Å². The van der Waals surface area contributed by atoms with Crippen LogP contribution in [0.15, 0.2) is 69.6 Å². The summed E-state index contributed by atoms with van der Waals surface area (Å²) in [5, 5.41) is 0. The summed E-state index contributed by atoms with van der Waals surface area (Å²) in [7, 11) is 20.5. The molecule has 0 aliphatic carbocycles. The molecule has 0 fully saturated rings. The molecule has 0 spiro atoms. The number of hydrogen-bond donors (Lipinski definition) is 0. The predicted molar refractivity (Wildman–Crippen MR) is 159 cm³/mol. The minimum absolute atomic E-state index is 0.679. The predicted octanol–water partition coefficient (Wildman–Crippen LogP) is 6.12. The van der Waals surface area contributed by atoms with Crippen LogP contribution in [0.3, 0.4) is 0 Å². The van der Waals surface area contributed by atoms with Gasteiger partial charge < -0.3 is 4.74 Å². The first kappa shape index (κ1) is 36.4. The van der Waals surface area contributed by atoms with Crippen LogP contribution in [0, 0.1) is 0 Å². The normalized spacial score (nSPS) is 13.4. The van der Waals surface area contributed by atoms with Crippen molar-refractivity contribution in [1.29, 1.82) is 0 Å². The highest BCUT2D eigenvalue weighted by atomic mass is 16.5. The monoisotopic (exact) mass is 437 g/mol. The van der Waals surface area contributed by atoms with Crippen molar-refractivity contribution in [3.05, 3.63) is 69.6 Å². The molecule has 0 aliphatic rings. The van der Waals surface area contributed by atoms with Crippen LogP contribution in [0.25, 0.3) is 0 Å². The highest BCUT2D eigenvalue weighted by Crippen LogP contribution is 2.09. The summed E-state index contributed by atoms with van der Waals surface area (Å²) in [5.41, 5.74) is 7.52. The maximum atomic E-state index is 5.27. The molecule has 0 bridgehead atoms. The first-order valence-electron chi connectivity index (χ1n) is 11.9. The van der Waals surface area contributed by atoms with E-state index in [0.29, 0.717) is 6.61 Å². The molecule has 0 aromatic carbocycles. The van der Waals surface area contributed by atoms with Gasteiger partial charge in [-0.2, -0.15) is 0 Å². The Bertz CT molecular complexity index is 640. The highest BCUT2D eigenvalue weighted by Gasteiger charge is 1.91. The van der Waals surface area contributed by atoms with Gasteiger partial charge >= 0.3 is 0 Å². The van der Waals surface area contributed by atoms with Crippen molar-refractivity contribution in [2.24, 2.45) is 0 Å². The van der Waals surface area contributed by atoms with Gasteiger partial charge in [-0.05, 0) is 61.3 Å². The second-order valence-electron chi connectivity index (χ2n) is 7.64. The minimum atomic E-state index is 0.679. The maximum Gasteiger partial charge on any atom is 0.0859 e. The lowest BCUT2D eigenvalue weighted by Gasteiger charge is -2.01. The molecule has 0 saturated heterocycles. The van der Waals surface area contributed by atoms with E-state index in [1.165, 1.54) is 39.9 Å². The topological polar surface area (TPSA) is 9.23 Å². The van der Waals surface area contributed by atoms with Crippen LogP contribution in [-0.4, -0.2) is 57.9 Å². The van der Waals surface area contributed by atoms with E-state index in [2.05, 4.69) is 59.8 Å². The molecule has 0 heterocycles. The summed E-state index contributed by atoms with van der Waals surface area (Å²) in [5.74, 6) is 5.74. The van der Waals surface area contributed by atoms with Crippen molar-refractivity contribution in [1.82, 2.24) is 0 Å². The zero-order chi connectivity index (χ0) is 26.1. The van der Waals surface area contributed by atoms with Crippen LogP contribution in [-0.2, 0) is 4.74 Å². The van der Waals surface area contributed by atoms with E-state index >= 15 is 0 Å². The summed E-state index contributed by atoms with van der Waals surface area (Å²) >= 11 is 0. The lowest BCUT2D eigenvalue weighted by Crippen LogP contribution is -1.92. The van der Waals surface area contributed by atoms with Gasteiger partial charge in [0.15, 0.2) is 0 Å². The Morgan fingerprint density at radius 3 is 1.33 bits per heavy atom. The second-order valence-corrected chi connectivity index (χ2v) is 7.64. The third-order valence-corrected chi connectivity index (χ3v) is 4.87. The van der Waals surface area contributed by atoms with Crippen molar-refractivity contribution in [3.8, 4) is 0 Å². The van der Waals surface area contributed by atoms with Crippen molar-refractivity contribution < 1.29 is 4.74 Å². The van der Waals surface area contributed by atoms with Gasteiger partial charge in [-0.3, -0.25) is 0 Å². The summed E-state index contributed by atoms with van der Waals surface area (Å²) in [4.78, 5) is 0. The summed E-state index contributed by atoms with van der Waals surface area (Å²) in [6, 6.07) is 0. The van der Waals surface area contributed by atoms with Crippen molar-refractivity contribution >= 4 is 44.7 Å². The van der Waals surface area contributed by atoms with Gasteiger partial charge in [0.25, 0.3) is 0 Å². The average molecular weight is 437 g/mol. The number of rotatable bonds is 12. The fourth-order valence-corrected chi connectivity index (χ4v) is 2.28. The third kappa shape index (κ3) is 25.3. The Hall–Kier alpha value is -1.21. The van der Waals surface area contributed by atoms with Crippen LogP contribution < -0.4 is 0 Å². The summed E-state index contributed by atoms with van der Waals surface area (Å²) in [6.07, 6.45) is 9.93. The van der Waals surface area contributed by atoms with Crippen molar-refractivity contribution in [2.75, 3.05) is 13.2 Å². The Labute approximate surface area is 213 Å². The van der Waals surface area contributed by atoms with Gasteiger partial charge in [-0.15, -0.1) is 17.9 Å². The van der Waals surface area contributed by atoms with E-state index in [0.717, 1.165) is 19.4 Å². The van der Waals surface area contributed by atoms with Crippen molar-refractivity contribution in [3.63, 3.8) is 0 Å². The Balaban J connectivity index is -0.000000411. The number of ether oxygens (including phenoxy) is 1. The molecule has 0 amide bonds. The fraction of sp³-hybridized carbons (Fsp3) is 0.538. The number of unbranched alkanes of at least 4 members (excludes halogenated alkanes) is 1. The first-order chi connectivity index (χ1) is 15.7. The first-order valence-corrected chi connectivity index (χ1v) is 11.9. The molecule has 9 radical (unpaired) electrons. The van der Waals surface area contributed by atoms with E-state index < -0.39 is 0 Å².